The summed E-state index contributed by atoms with van der Waals surface area (Å²) in [6.45, 7) is 5.91. The second-order valence-corrected chi connectivity index (χ2v) is 4.62. The van der Waals surface area contributed by atoms with Crippen LogP contribution in [0.15, 0.2) is 18.2 Å². The van der Waals surface area contributed by atoms with Crippen molar-refractivity contribution in [2.24, 2.45) is 0 Å². The Morgan fingerprint density at radius 3 is 2.63 bits per heavy atom. The van der Waals surface area contributed by atoms with Gasteiger partial charge in [0.2, 0.25) is 0 Å². The zero-order valence-electron chi connectivity index (χ0n) is 12.2. The van der Waals surface area contributed by atoms with Crippen molar-refractivity contribution in [3.63, 3.8) is 0 Å². The van der Waals surface area contributed by atoms with Crippen LogP contribution in [0.4, 0.5) is 0 Å². The highest BCUT2D eigenvalue weighted by molar-refractivity contribution is 5.42. The second kappa shape index (κ2) is 8.77. The molecule has 0 radical (unpaired) electrons. The second-order valence-electron chi connectivity index (χ2n) is 4.62. The zero-order valence-corrected chi connectivity index (χ0v) is 12.2. The molecule has 0 unspecified atom stereocenters. The Morgan fingerprint density at radius 1 is 1.26 bits per heavy atom. The molecule has 3 N–H and O–H groups in total. The van der Waals surface area contributed by atoms with E-state index in [4.69, 9.17) is 9.47 Å². The molecule has 0 aliphatic carbocycles. The van der Waals surface area contributed by atoms with Crippen LogP contribution < -0.4 is 14.8 Å². The maximum absolute atomic E-state index is 9.17. The normalized spacial score (nSPS) is 12.2. The van der Waals surface area contributed by atoms with Crippen molar-refractivity contribution in [3.8, 4) is 11.5 Å². The summed E-state index contributed by atoms with van der Waals surface area (Å²) in [6, 6.07) is 6.28. The lowest BCUT2D eigenvalue weighted by atomic mass is 10.1. The molecule has 0 amide bonds. The van der Waals surface area contributed by atoms with Crippen LogP contribution in [0.25, 0.3) is 0 Å². The van der Waals surface area contributed by atoms with Gasteiger partial charge in [0, 0.05) is 5.56 Å². The lowest BCUT2D eigenvalue weighted by molar-refractivity contribution is -0.706. The molecule has 4 nitrogen and oxygen atoms in total. The smallest absolute Gasteiger partial charge is 0.161 e. The topological polar surface area (TPSA) is 55.3 Å². The third kappa shape index (κ3) is 5.09. The first-order chi connectivity index (χ1) is 9.24. The molecular formula is C15H26NO3+. The summed E-state index contributed by atoms with van der Waals surface area (Å²) < 4.78 is 11.0. The number of benzene rings is 1. The average molecular weight is 268 g/mol. The molecule has 1 atom stereocenters. The lowest BCUT2D eigenvalue weighted by Gasteiger charge is -2.13. The van der Waals surface area contributed by atoms with Crippen LogP contribution in [-0.4, -0.2) is 31.5 Å². The highest BCUT2D eigenvalue weighted by Gasteiger charge is 2.10. The Hall–Kier alpha value is -1.26. The summed E-state index contributed by atoms with van der Waals surface area (Å²) >= 11 is 0. The molecule has 0 saturated carbocycles. The molecule has 19 heavy (non-hydrogen) atoms. The van der Waals surface area contributed by atoms with E-state index in [1.165, 1.54) is 5.56 Å². The van der Waals surface area contributed by atoms with Gasteiger partial charge in [0.1, 0.15) is 12.6 Å². The predicted molar refractivity (Wildman–Crippen MR) is 75.6 cm³/mol. The lowest BCUT2D eigenvalue weighted by Crippen LogP contribution is -2.89. The van der Waals surface area contributed by atoms with E-state index in [1.54, 1.807) is 7.11 Å². The number of aliphatic hydroxyl groups is 1. The molecule has 0 heterocycles. The van der Waals surface area contributed by atoms with Crippen LogP contribution in [0, 0.1) is 0 Å². The summed E-state index contributed by atoms with van der Waals surface area (Å²) in [6.07, 6.45) is 1.94. The Bertz CT molecular complexity index is 364. The van der Waals surface area contributed by atoms with Gasteiger partial charge >= 0.3 is 0 Å². The minimum Gasteiger partial charge on any atom is -0.493 e. The molecule has 1 rings (SSSR count). The van der Waals surface area contributed by atoms with E-state index in [0.29, 0.717) is 6.61 Å². The summed E-state index contributed by atoms with van der Waals surface area (Å²) in [5.74, 6) is 1.57. The Kier molecular flexibility index (Phi) is 7.30. The molecule has 1 aromatic carbocycles. The van der Waals surface area contributed by atoms with Gasteiger partial charge in [0.05, 0.1) is 20.3 Å². The van der Waals surface area contributed by atoms with Crippen LogP contribution in [0.1, 0.15) is 32.3 Å². The van der Waals surface area contributed by atoms with Gasteiger partial charge in [-0.1, -0.05) is 13.8 Å². The van der Waals surface area contributed by atoms with Crippen molar-refractivity contribution < 1.29 is 19.9 Å². The van der Waals surface area contributed by atoms with Gasteiger partial charge in [-0.15, -0.1) is 0 Å². The summed E-state index contributed by atoms with van der Waals surface area (Å²) in [7, 11) is 1.66. The monoisotopic (exact) mass is 268 g/mol. The molecule has 0 aromatic heterocycles. The fourth-order valence-electron chi connectivity index (χ4n) is 1.84. The third-order valence-electron chi connectivity index (χ3n) is 3.14. The Morgan fingerprint density at radius 2 is 2.05 bits per heavy atom. The van der Waals surface area contributed by atoms with Crippen LogP contribution >= 0.6 is 0 Å². The molecule has 0 fully saturated rings. The van der Waals surface area contributed by atoms with Crippen LogP contribution in [0.3, 0.4) is 0 Å². The van der Waals surface area contributed by atoms with E-state index in [2.05, 4.69) is 19.2 Å². The zero-order chi connectivity index (χ0) is 14.1. The van der Waals surface area contributed by atoms with E-state index >= 15 is 0 Å². The van der Waals surface area contributed by atoms with E-state index in [1.807, 2.05) is 18.2 Å². The van der Waals surface area contributed by atoms with Gasteiger partial charge < -0.3 is 19.9 Å². The van der Waals surface area contributed by atoms with Crippen LogP contribution in [0.5, 0.6) is 11.5 Å². The van der Waals surface area contributed by atoms with Gasteiger partial charge in [-0.05, 0) is 31.0 Å². The number of nitrogens with two attached hydrogens (primary N) is 1. The standard InChI is InChI=1S/C15H25NO3/c1-4-8-19-14-7-6-12(9-15(14)18-3)10-16-13(5-2)11-17/h6-7,9,13,16-17H,4-5,8,10-11H2,1-3H3/p+1/t13-/m1/s1. The summed E-state index contributed by atoms with van der Waals surface area (Å²) in [4.78, 5) is 0. The van der Waals surface area contributed by atoms with Crippen molar-refractivity contribution in [1.29, 1.82) is 0 Å². The molecule has 0 spiro atoms. The maximum Gasteiger partial charge on any atom is 0.161 e. The SMILES string of the molecule is CCCOc1ccc(C[NH2+][C@H](CC)CO)cc1OC. The Balaban J connectivity index is 2.65. The molecule has 0 aliphatic rings. The highest BCUT2D eigenvalue weighted by atomic mass is 16.5. The first-order valence-electron chi connectivity index (χ1n) is 6.99. The van der Waals surface area contributed by atoms with Crippen molar-refractivity contribution in [1.82, 2.24) is 0 Å². The molecule has 1 aromatic rings. The number of methoxy groups -OCH3 is 1. The van der Waals surface area contributed by atoms with Crippen molar-refractivity contribution in [3.05, 3.63) is 23.8 Å². The molecule has 0 saturated heterocycles. The van der Waals surface area contributed by atoms with Gasteiger partial charge in [-0.2, -0.15) is 0 Å². The minimum atomic E-state index is 0.214. The molecule has 108 valence electrons. The highest BCUT2D eigenvalue weighted by Crippen LogP contribution is 2.27. The van der Waals surface area contributed by atoms with Crippen LogP contribution in [0.2, 0.25) is 0 Å². The average Bonchev–Trinajstić information content (AvgIpc) is 2.46. The van der Waals surface area contributed by atoms with E-state index < -0.39 is 0 Å². The number of rotatable bonds is 9. The van der Waals surface area contributed by atoms with Crippen LogP contribution in [-0.2, 0) is 6.54 Å². The number of quaternary nitrogens is 1. The van der Waals surface area contributed by atoms with Crippen molar-refractivity contribution in [2.45, 2.75) is 39.3 Å². The first kappa shape index (κ1) is 15.8. The molecule has 0 aliphatic heterocycles. The van der Waals surface area contributed by atoms with E-state index in [9.17, 15) is 5.11 Å². The summed E-state index contributed by atoms with van der Waals surface area (Å²) in [5.41, 5.74) is 1.17. The van der Waals surface area contributed by atoms with E-state index in [0.717, 1.165) is 30.9 Å². The maximum atomic E-state index is 9.17. The largest absolute Gasteiger partial charge is 0.493 e. The quantitative estimate of drug-likeness (QED) is 0.710. The Labute approximate surface area is 115 Å². The third-order valence-corrected chi connectivity index (χ3v) is 3.14. The summed E-state index contributed by atoms with van der Waals surface area (Å²) in [5, 5.41) is 11.3. The number of hydrogen-bond acceptors (Lipinski definition) is 3. The number of hydrogen-bond donors (Lipinski definition) is 2. The fraction of sp³-hybridized carbons (Fsp3) is 0.600. The molecule has 0 bridgehead atoms. The predicted octanol–water partition coefficient (Wildman–Crippen LogP) is 1.32. The molecular weight excluding hydrogens is 242 g/mol. The first-order valence-corrected chi connectivity index (χ1v) is 6.99. The van der Waals surface area contributed by atoms with Gasteiger partial charge in [0.15, 0.2) is 11.5 Å². The van der Waals surface area contributed by atoms with Gasteiger partial charge in [0.25, 0.3) is 0 Å². The van der Waals surface area contributed by atoms with Crippen molar-refractivity contribution in [2.75, 3.05) is 20.3 Å². The van der Waals surface area contributed by atoms with E-state index in [-0.39, 0.29) is 12.6 Å². The minimum absolute atomic E-state index is 0.214. The number of aliphatic hydroxyl groups excluding tert-OH is 1. The number of ether oxygens (including phenoxy) is 2. The van der Waals surface area contributed by atoms with Gasteiger partial charge in [-0.25, -0.2) is 0 Å². The van der Waals surface area contributed by atoms with Gasteiger partial charge in [-0.3, -0.25) is 0 Å². The van der Waals surface area contributed by atoms with Crippen molar-refractivity contribution >= 4 is 0 Å². The fourth-order valence-corrected chi connectivity index (χ4v) is 1.84. The molecule has 4 heteroatoms.